The number of thiazole rings is 1. The molecule has 0 saturated heterocycles. The lowest BCUT2D eigenvalue weighted by Gasteiger charge is -2.25. The maximum Gasteiger partial charge on any atom is 0.338 e. The first-order valence-corrected chi connectivity index (χ1v) is 12.0. The molecule has 0 fully saturated rings. The van der Waals surface area contributed by atoms with Gasteiger partial charge >= 0.3 is 5.97 Å². The number of ether oxygens (including phenoxy) is 3. The van der Waals surface area contributed by atoms with Crippen molar-refractivity contribution in [1.82, 2.24) is 4.57 Å². The number of aromatic nitrogens is 1. The molecule has 0 spiro atoms. The van der Waals surface area contributed by atoms with E-state index in [0.29, 0.717) is 56.6 Å². The number of carbonyl (C=O) groups is 1. The Bertz CT molecular complexity index is 1450. The van der Waals surface area contributed by atoms with E-state index in [9.17, 15) is 9.59 Å². The van der Waals surface area contributed by atoms with Crippen LogP contribution in [0.5, 0.6) is 11.5 Å². The van der Waals surface area contributed by atoms with Gasteiger partial charge in [-0.25, -0.2) is 9.79 Å². The molecule has 1 aromatic carbocycles. The van der Waals surface area contributed by atoms with Crippen LogP contribution in [0.1, 0.15) is 38.1 Å². The Morgan fingerprint density at radius 2 is 2.06 bits per heavy atom. The molecular weight excluding hydrogens is 468 g/mol. The Hall–Kier alpha value is -3.85. The third-order valence-corrected chi connectivity index (χ3v) is 6.26. The average Bonchev–Trinajstić information content (AvgIpc) is 3.45. The summed E-state index contributed by atoms with van der Waals surface area (Å²) in [6.07, 6.45) is 4.85. The van der Waals surface area contributed by atoms with Crippen molar-refractivity contribution in [3.63, 3.8) is 0 Å². The van der Waals surface area contributed by atoms with Crippen molar-refractivity contribution in [3.8, 4) is 11.5 Å². The van der Waals surface area contributed by atoms with Crippen LogP contribution < -0.4 is 24.4 Å². The number of furan rings is 1. The van der Waals surface area contributed by atoms with Crippen molar-refractivity contribution >= 4 is 23.4 Å². The summed E-state index contributed by atoms with van der Waals surface area (Å²) in [5.74, 6) is 1.07. The fourth-order valence-corrected chi connectivity index (χ4v) is 4.87. The van der Waals surface area contributed by atoms with Gasteiger partial charge in [-0.05, 0) is 50.6 Å². The lowest BCUT2D eigenvalue weighted by atomic mass is 9.95. The van der Waals surface area contributed by atoms with Crippen molar-refractivity contribution in [3.05, 3.63) is 91.5 Å². The molecule has 0 saturated carbocycles. The van der Waals surface area contributed by atoms with E-state index in [-0.39, 0.29) is 12.2 Å². The highest BCUT2D eigenvalue weighted by Crippen LogP contribution is 2.36. The number of esters is 1. The maximum absolute atomic E-state index is 13.6. The summed E-state index contributed by atoms with van der Waals surface area (Å²) >= 11 is 1.23. The summed E-state index contributed by atoms with van der Waals surface area (Å²) < 4.78 is 24.2. The summed E-state index contributed by atoms with van der Waals surface area (Å²) in [4.78, 5) is 31.7. The summed E-state index contributed by atoms with van der Waals surface area (Å²) in [6.45, 7) is 9.96. The third-order valence-electron chi connectivity index (χ3n) is 5.27. The molecule has 35 heavy (non-hydrogen) atoms. The number of benzene rings is 1. The van der Waals surface area contributed by atoms with Gasteiger partial charge in [0.2, 0.25) is 0 Å². The molecule has 1 aliphatic heterocycles. The van der Waals surface area contributed by atoms with Gasteiger partial charge in [0.05, 0.1) is 41.3 Å². The molecule has 0 N–H and O–H groups in total. The molecular formula is C26H26N2O6S. The van der Waals surface area contributed by atoms with Crippen molar-refractivity contribution in [2.24, 2.45) is 4.99 Å². The van der Waals surface area contributed by atoms with Gasteiger partial charge in [0.1, 0.15) is 12.4 Å². The van der Waals surface area contributed by atoms with E-state index >= 15 is 0 Å². The minimum absolute atomic E-state index is 0.198. The van der Waals surface area contributed by atoms with Crippen molar-refractivity contribution in [2.45, 2.75) is 26.8 Å². The number of nitrogens with zero attached hydrogens (tertiary/aromatic N) is 2. The largest absolute Gasteiger partial charge is 0.490 e. The smallest absolute Gasteiger partial charge is 0.338 e. The first-order chi connectivity index (χ1) is 17.0. The summed E-state index contributed by atoms with van der Waals surface area (Å²) in [5.41, 5.74) is 1.17. The number of fused-ring (bicyclic) bond motifs is 1. The minimum atomic E-state index is -0.753. The molecule has 1 aliphatic rings. The highest BCUT2D eigenvalue weighted by Gasteiger charge is 2.34. The molecule has 4 rings (SSSR count). The molecule has 0 amide bonds. The fourth-order valence-electron chi connectivity index (χ4n) is 3.84. The lowest BCUT2D eigenvalue weighted by molar-refractivity contribution is -0.139. The Labute approximate surface area is 206 Å². The highest BCUT2D eigenvalue weighted by atomic mass is 32.1. The second kappa shape index (κ2) is 10.6. The predicted molar refractivity (Wildman–Crippen MR) is 132 cm³/mol. The maximum atomic E-state index is 13.6. The molecule has 9 heteroatoms. The van der Waals surface area contributed by atoms with E-state index in [1.54, 1.807) is 56.5 Å². The second-order valence-electron chi connectivity index (χ2n) is 7.56. The van der Waals surface area contributed by atoms with Crippen LogP contribution in [0.2, 0.25) is 0 Å². The van der Waals surface area contributed by atoms with E-state index in [0.717, 1.165) is 0 Å². The second-order valence-corrected chi connectivity index (χ2v) is 8.57. The van der Waals surface area contributed by atoms with Crippen molar-refractivity contribution in [1.29, 1.82) is 0 Å². The molecule has 8 nitrogen and oxygen atoms in total. The number of carbonyl (C=O) groups excluding carboxylic acids is 1. The normalized spacial score (nSPS) is 15.4. The van der Waals surface area contributed by atoms with E-state index in [4.69, 9.17) is 18.6 Å². The molecule has 0 radical (unpaired) electrons. The van der Waals surface area contributed by atoms with E-state index in [1.165, 1.54) is 15.9 Å². The zero-order chi connectivity index (χ0) is 24.9. The fraction of sp³-hybridized carbons (Fsp3) is 0.269. The van der Waals surface area contributed by atoms with Crippen molar-refractivity contribution < 1.29 is 23.4 Å². The topological polar surface area (TPSA) is 92.3 Å². The number of hydrogen-bond donors (Lipinski definition) is 0. The van der Waals surface area contributed by atoms with Gasteiger partial charge in [-0.15, -0.1) is 0 Å². The van der Waals surface area contributed by atoms with E-state index < -0.39 is 12.0 Å². The molecule has 3 aromatic rings. The monoisotopic (exact) mass is 494 g/mol. The first-order valence-electron chi connectivity index (χ1n) is 11.2. The zero-order valence-electron chi connectivity index (χ0n) is 19.8. The van der Waals surface area contributed by atoms with E-state index in [2.05, 4.69) is 11.6 Å². The Morgan fingerprint density at radius 3 is 2.74 bits per heavy atom. The molecule has 2 aromatic heterocycles. The van der Waals surface area contributed by atoms with Gasteiger partial charge < -0.3 is 18.6 Å². The Morgan fingerprint density at radius 1 is 1.23 bits per heavy atom. The third kappa shape index (κ3) is 4.85. The van der Waals surface area contributed by atoms with Crippen LogP contribution in [0.25, 0.3) is 6.08 Å². The average molecular weight is 495 g/mol. The Kier molecular flexibility index (Phi) is 7.36. The minimum Gasteiger partial charge on any atom is -0.490 e. The molecule has 3 heterocycles. The standard InChI is InChI=1S/C26H26N2O6S/c1-5-12-34-19-11-10-17(14-20(19)31-6-2)23-22(25(30)32-7-3)16(4)27-26-28(23)24(29)21(35-26)15-18-9-8-13-33-18/h5,8-11,13-15,23H,1,6-7,12H2,2-4H3/b21-15-. The number of allylic oxidation sites excluding steroid dienone is 1. The summed E-state index contributed by atoms with van der Waals surface area (Å²) in [6, 6.07) is 8.13. The first kappa shape index (κ1) is 24.3. The molecule has 0 bridgehead atoms. The number of hydrogen-bond acceptors (Lipinski definition) is 8. The zero-order valence-corrected chi connectivity index (χ0v) is 20.6. The quantitative estimate of drug-likeness (QED) is 0.335. The van der Waals surface area contributed by atoms with Crippen LogP contribution in [0.3, 0.4) is 0 Å². The van der Waals surface area contributed by atoms with Crippen molar-refractivity contribution in [2.75, 3.05) is 19.8 Å². The SMILES string of the molecule is C=CCOc1ccc(C2C(C(=O)OCC)=C(C)N=c3s/c(=C\c4ccco4)c(=O)n32)cc1OCC. The van der Waals surface area contributed by atoms with Gasteiger partial charge in [-0.1, -0.05) is 30.1 Å². The highest BCUT2D eigenvalue weighted by molar-refractivity contribution is 7.07. The summed E-state index contributed by atoms with van der Waals surface area (Å²) in [7, 11) is 0. The van der Waals surface area contributed by atoms with Crippen LogP contribution in [0.4, 0.5) is 0 Å². The van der Waals surface area contributed by atoms with Crippen LogP contribution in [-0.2, 0) is 9.53 Å². The van der Waals surface area contributed by atoms with Crippen LogP contribution in [0, 0.1) is 0 Å². The van der Waals surface area contributed by atoms with Crippen LogP contribution in [0.15, 0.2) is 74.7 Å². The van der Waals surface area contributed by atoms with Gasteiger partial charge in [0.25, 0.3) is 5.56 Å². The molecule has 182 valence electrons. The van der Waals surface area contributed by atoms with Crippen LogP contribution in [-0.4, -0.2) is 30.4 Å². The van der Waals surface area contributed by atoms with E-state index in [1.807, 2.05) is 13.0 Å². The lowest BCUT2D eigenvalue weighted by Crippen LogP contribution is -2.40. The Balaban J connectivity index is 1.93. The van der Waals surface area contributed by atoms with Gasteiger partial charge in [-0.2, -0.15) is 0 Å². The van der Waals surface area contributed by atoms with Gasteiger partial charge in [-0.3, -0.25) is 9.36 Å². The van der Waals surface area contributed by atoms with Crippen LogP contribution >= 0.6 is 11.3 Å². The van der Waals surface area contributed by atoms with Gasteiger partial charge in [0, 0.05) is 6.08 Å². The summed E-state index contributed by atoms with van der Waals surface area (Å²) in [5, 5.41) is 0. The van der Waals surface area contributed by atoms with Gasteiger partial charge in [0.15, 0.2) is 16.3 Å². The molecule has 0 aliphatic carbocycles. The molecule has 1 unspecified atom stereocenters. The number of rotatable bonds is 9. The predicted octanol–water partition coefficient (Wildman–Crippen LogP) is 3.35. The molecule has 1 atom stereocenters.